The van der Waals surface area contributed by atoms with Crippen LogP contribution in [-0.4, -0.2) is 44.8 Å². The van der Waals surface area contributed by atoms with E-state index in [0.717, 1.165) is 42.3 Å². The van der Waals surface area contributed by atoms with E-state index in [2.05, 4.69) is 6.07 Å². The summed E-state index contributed by atoms with van der Waals surface area (Å²) in [5.41, 5.74) is 3.05. The zero-order valence-electron chi connectivity index (χ0n) is 14.6. The summed E-state index contributed by atoms with van der Waals surface area (Å²) in [5.74, 6) is 2.06. The number of rotatable bonds is 3. The first-order valence-electron chi connectivity index (χ1n) is 8.58. The second kappa shape index (κ2) is 6.31. The average Bonchev–Trinajstić information content (AvgIpc) is 3.29. The molecule has 2 aliphatic rings. The van der Waals surface area contributed by atoms with Gasteiger partial charge in [-0.2, -0.15) is 0 Å². The van der Waals surface area contributed by atoms with Crippen LogP contribution in [0.25, 0.3) is 0 Å². The van der Waals surface area contributed by atoms with Crippen molar-refractivity contribution in [1.29, 1.82) is 0 Å². The quantitative estimate of drug-likeness (QED) is 0.862. The molecule has 5 heteroatoms. The minimum absolute atomic E-state index is 0.105. The van der Waals surface area contributed by atoms with Gasteiger partial charge in [0.25, 0.3) is 5.91 Å². The molecule has 0 aliphatic carbocycles. The second-order valence-corrected chi connectivity index (χ2v) is 6.79. The van der Waals surface area contributed by atoms with Crippen molar-refractivity contribution >= 4 is 11.6 Å². The van der Waals surface area contributed by atoms with E-state index in [1.807, 2.05) is 60.3 Å². The predicted molar refractivity (Wildman–Crippen MR) is 96.6 cm³/mol. The predicted octanol–water partition coefficient (Wildman–Crippen LogP) is 3.11. The summed E-state index contributed by atoms with van der Waals surface area (Å²) >= 11 is 0. The Morgan fingerprint density at radius 2 is 1.84 bits per heavy atom. The Morgan fingerprint density at radius 3 is 2.60 bits per heavy atom. The van der Waals surface area contributed by atoms with Gasteiger partial charge in [-0.15, -0.1) is 0 Å². The van der Waals surface area contributed by atoms with Crippen molar-refractivity contribution < 1.29 is 14.3 Å². The highest BCUT2D eigenvalue weighted by Gasteiger charge is 2.29. The van der Waals surface area contributed by atoms with E-state index in [1.165, 1.54) is 5.56 Å². The number of carbonyl (C=O) groups is 1. The molecular weight excluding hydrogens is 316 g/mol. The Labute approximate surface area is 147 Å². The number of amides is 1. The lowest BCUT2D eigenvalue weighted by molar-refractivity contribution is 0.0791. The third-order valence-electron chi connectivity index (χ3n) is 4.97. The van der Waals surface area contributed by atoms with E-state index >= 15 is 0 Å². The summed E-state index contributed by atoms with van der Waals surface area (Å²) in [7, 11) is 3.99. The zero-order chi connectivity index (χ0) is 17.4. The van der Waals surface area contributed by atoms with Crippen LogP contribution >= 0.6 is 0 Å². The molecule has 5 nitrogen and oxygen atoms in total. The van der Waals surface area contributed by atoms with E-state index in [-0.39, 0.29) is 12.7 Å². The van der Waals surface area contributed by atoms with Gasteiger partial charge in [-0.3, -0.25) is 4.79 Å². The van der Waals surface area contributed by atoms with Crippen molar-refractivity contribution in [2.45, 2.75) is 12.3 Å². The zero-order valence-corrected chi connectivity index (χ0v) is 14.6. The molecule has 1 amide bonds. The molecule has 2 aliphatic heterocycles. The molecule has 2 aromatic rings. The third-order valence-corrected chi connectivity index (χ3v) is 4.97. The Bertz CT molecular complexity index is 786. The molecule has 130 valence electrons. The lowest BCUT2D eigenvalue weighted by Gasteiger charge is -2.18. The van der Waals surface area contributed by atoms with Gasteiger partial charge in [0.2, 0.25) is 6.79 Å². The first-order valence-corrected chi connectivity index (χ1v) is 8.58. The van der Waals surface area contributed by atoms with Crippen LogP contribution in [0.15, 0.2) is 42.5 Å². The molecule has 0 radical (unpaired) electrons. The van der Waals surface area contributed by atoms with Crippen LogP contribution in [0.5, 0.6) is 11.5 Å². The van der Waals surface area contributed by atoms with E-state index in [4.69, 9.17) is 9.47 Å². The van der Waals surface area contributed by atoms with E-state index in [9.17, 15) is 4.79 Å². The monoisotopic (exact) mass is 338 g/mol. The van der Waals surface area contributed by atoms with Crippen LogP contribution in [0.1, 0.15) is 28.3 Å². The Morgan fingerprint density at radius 1 is 1.08 bits per heavy atom. The van der Waals surface area contributed by atoms with Gasteiger partial charge in [0, 0.05) is 44.4 Å². The molecular formula is C20H22N2O3. The van der Waals surface area contributed by atoms with Crippen LogP contribution in [0.2, 0.25) is 0 Å². The molecule has 0 N–H and O–H groups in total. The average molecular weight is 338 g/mol. The summed E-state index contributed by atoms with van der Waals surface area (Å²) in [6.45, 7) is 1.82. The van der Waals surface area contributed by atoms with Crippen molar-refractivity contribution in [2.24, 2.45) is 0 Å². The maximum absolute atomic E-state index is 12.8. The lowest BCUT2D eigenvalue weighted by Crippen LogP contribution is -2.28. The summed E-state index contributed by atoms with van der Waals surface area (Å²) in [5, 5.41) is 0. The summed E-state index contributed by atoms with van der Waals surface area (Å²) < 4.78 is 10.8. The number of ether oxygens (including phenoxy) is 2. The highest BCUT2D eigenvalue weighted by molar-refractivity contribution is 5.94. The van der Waals surface area contributed by atoms with Crippen LogP contribution in [0.3, 0.4) is 0 Å². The number of hydrogen-bond donors (Lipinski definition) is 0. The second-order valence-electron chi connectivity index (χ2n) is 6.79. The van der Waals surface area contributed by atoms with Gasteiger partial charge in [0.05, 0.1) is 0 Å². The minimum atomic E-state index is 0.105. The molecule has 1 fully saturated rings. The van der Waals surface area contributed by atoms with E-state index < -0.39 is 0 Å². The number of anilines is 1. The van der Waals surface area contributed by atoms with Gasteiger partial charge in [-0.05, 0) is 48.4 Å². The van der Waals surface area contributed by atoms with E-state index in [1.54, 1.807) is 0 Å². The first kappa shape index (κ1) is 15.8. The number of carbonyl (C=O) groups excluding carboxylic acids is 1. The Balaban J connectivity index is 1.45. The van der Waals surface area contributed by atoms with E-state index in [0.29, 0.717) is 5.92 Å². The highest BCUT2D eigenvalue weighted by atomic mass is 16.7. The molecule has 2 aromatic carbocycles. The van der Waals surface area contributed by atoms with Crippen molar-refractivity contribution in [3.8, 4) is 11.5 Å². The van der Waals surface area contributed by atoms with Gasteiger partial charge in [0.1, 0.15) is 0 Å². The molecule has 2 heterocycles. The van der Waals surface area contributed by atoms with Crippen LogP contribution in [0, 0.1) is 0 Å². The summed E-state index contributed by atoms with van der Waals surface area (Å²) in [6.07, 6.45) is 0.973. The molecule has 0 saturated carbocycles. The number of likely N-dealkylation sites (tertiary alicyclic amines) is 1. The molecule has 4 rings (SSSR count). The Hall–Kier alpha value is -2.69. The van der Waals surface area contributed by atoms with Crippen LogP contribution < -0.4 is 14.4 Å². The van der Waals surface area contributed by atoms with Gasteiger partial charge >= 0.3 is 0 Å². The fraction of sp³-hybridized carbons (Fsp3) is 0.350. The number of benzene rings is 2. The third kappa shape index (κ3) is 3.02. The number of nitrogens with zero attached hydrogens (tertiary/aromatic N) is 2. The van der Waals surface area contributed by atoms with Crippen molar-refractivity contribution in [1.82, 2.24) is 4.90 Å². The topological polar surface area (TPSA) is 42.0 Å². The molecule has 1 unspecified atom stereocenters. The van der Waals surface area contributed by atoms with Gasteiger partial charge in [-0.25, -0.2) is 0 Å². The largest absolute Gasteiger partial charge is 0.454 e. The van der Waals surface area contributed by atoms with Crippen molar-refractivity contribution in [3.63, 3.8) is 0 Å². The normalized spacial score (nSPS) is 18.5. The van der Waals surface area contributed by atoms with Gasteiger partial charge < -0.3 is 19.3 Å². The van der Waals surface area contributed by atoms with Crippen molar-refractivity contribution in [2.75, 3.05) is 38.9 Å². The maximum Gasteiger partial charge on any atom is 0.253 e. The molecule has 25 heavy (non-hydrogen) atoms. The first-order chi connectivity index (χ1) is 12.1. The summed E-state index contributed by atoms with van der Waals surface area (Å²) in [4.78, 5) is 16.7. The molecule has 1 saturated heterocycles. The van der Waals surface area contributed by atoms with Crippen molar-refractivity contribution in [3.05, 3.63) is 53.6 Å². The fourth-order valence-electron chi connectivity index (χ4n) is 3.47. The van der Waals surface area contributed by atoms with Gasteiger partial charge in [-0.1, -0.05) is 6.07 Å². The lowest BCUT2D eigenvalue weighted by atomic mass is 9.98. The molecule has 0 bridgehead atoms. The van der Waals surface area contributed by atoms with Gasteiger partial charge in [0.15, 0.2) is 11.5 Å². The molecule has 0 aromatic heterocycles. The molecule has 1 atom stereocenters. The SMILES string of the molecule is CN(C)c1ccc(C(=O)N2CCC(c3ccc4c(c3)OCO4)C2)cc1. The smallest absolute Gasteiger partial charge is 0.253 e. The number of hydrogen-bond acceptors (Lipinski definition) is 4. The minimum Gasteiger partial charge on any atom is -0.454 e. The highest BCUT2D eigenvalue weighted by Crippen LogP contribution is 2.37. The van der Waals surface area contributed by atoms with Crippen LogP contribution in [-0.2, 0) is 0 Å². The standard InChI is InChI=1S/C20H22N2O3/c1-21(2)17-6-3-14(4-7-17)20(23)22-10-9-16(12-22)15-5-8-18-19(11-15)25-13-24-18/h3-8,11,16H,9-10,12-13H2,1-2H3. The van der Waals surface area contributed by atoms with Crippen LogP contribution in [0.4, 0.5) is 5.69 Å². The molecule has 0 spiro atoms. The Kier molecular flexibility index (Phi) is 3.99. The summed E-state index contributed by atoms with van der Waals surface area (Å²) in [6, 6.07) is 13.9. The fourth-order valence-corrected chi connectivity index (χ4v) is 3.47. The number of fused-ring (bicyclic) bond motifs is 1. The maximum atomic E-state index is 12.8.